The summed E-state index contributed by atoms with van der Waals surface area (Å²) in [4.78, 5) is 23.7. The molecule has 0 bridgehead atoms. The second kappa shape index (κ2) is 5.62. The fraction of sp³-hybridized carbons (Fsp3) is 0.429. The molecule has 0 radical (unpaired) electrons. The Kier molecular flexibility index (Phi) is 3.91. The van der Waals surface area contributed by atoms with E-state index in [1.807, 2.05) is 12.1 Å². The van der Waals surface area contributed by atoms with Gasteiger partial charge in [-0.2, -0.15) is 0 Å². The number of Topliss-reactive ketones (excluding diaryl/α,β-unsaturated/α-hetero) is 1. The minimum Gasteiger partial charge on any atom is -0.325 e. The van der Waals surface area contributed by atoms with Crippen LogP contribution in [0.5, 0.6) is 0 Å². The van der Waals surface area contributed by atoms with Crippen LogP contribution in [0.2, 0.25) is 0 Å². The zero-order chi connectivity index (χ0) is 12.1. The lowest BCUT2D eigenvalue weighted by Gasteiger charge is -2.08. The second-order valence-electron chi connectivity index (χ2n) is 4.43. The van der Waals surface area contributed by atoms with Gasteiger partial charge >= 0.3 is 0 Å². The normalized spacial score (nSPS) is 17.9. The third-order valence-electron chi connectivity index (χ3n) is 3.06. The average Bonchev–Trinajstić information content (AvgIpc) is 2.36. The zero-order valence-electron chi connectivity index (χ0n) is 9.87. The molecule has 1 aliphatic rings. The molecule has 2 rings (SSSR count). The first-order valence-corrected chi connectivity index (χ1v) is 6.19. The lowest BCUT2D eigenvalue weighted by Crippen LogP contribution is -2.13. The summed E-state index contributed by atoms with van der Waals surface area (Å²) in [5.74, 6) is 0.134. The molecule has 0 aliphatic carbocycles. The smallest absolute Gasteiger partial charge is 0.224 e. The van der Waals surface area contributed by atoms with Crippen LogP contribution < -0.4 is 5.32 Å². The van der Waals surface area contributed by atoms with Gasteiger partial charge in [0, 0.05) is 18.4 Å². The molecule has 0 aromatic heterocycles. The van der Waals surface area contributed by atoms with Crippen LogP contribution in [-0.4, -0.2) is 11.7 Å². The molecule has 17 heavy (non-hydrogen) atoms. The van der Waals surface area contributed by atoms with Crippen molar-refractivity contribution in [3.63, 3.8) is 0 Å². The van der Waals surface area contributed by atoms with Crippen LogP contribution in [0.15, 0.2) is 24.3 Å². The van der Waals surface area contributed by atoms with Crippen molar-refractivity contribution < 1.29 is 9.59 Å². The Morgan fingerprint density at radius 2 is 1.59 bits per heavy atom. The Bertz CT molecular complexity index is 426. The van der Waals surface area contributed by atoms with Gasteiger partial charge in [-0.3, -0.25) is 9.59 Å². The first-order valence-electron chi connectivity index (χ1n) is 6.19. The second-order valence-corrected chi connectivity index (χ2v) is 4.43. The fourth-order valence-electron chi connectivity index (χ4n) is 2.11. The van der Waals surface area contributed by atoms with Gasteiger partial charge in [0.15, 0.2) is 5.78 Å². The Morgan fingerprint density at radius 3 is 2.41 bits per heavy atom. The third-order valence-corrected chi connectivity index (χ3v) is 3.06. The first-order chi connectivity index (χ1) is 8.27. The number of hydrogen-bond acceptors (Lipinski definition) is 2. The number of ketones is 1. The van der Waals surface area contributed by atoms with E-state index < -0.39 is 0 Å². The molecule has 0 saturated heterocycles. The van der Waals surface area contributed by atoms with Crippen LogP contribution in [0.1, 0.15) is 48.9 Å². The number of rotatable bonds is 0. The van der Waals surface area contributed by atoms with Gasteiger partial charge in [0.2, 0.25) is 5.91 Å². The summed E-state index contributed by atoms with van der Waals surface area (Å²) in [5, 5.41) is 2.83. The van der Waals surface area contributed by atoms with Crippen LogP contribution in [0.4, 0.5) is 5.69 Å². The van der Waals surface area contributed by atoms with E-state index in [1.165, 1.54) is 0 Å². The number of amides is 1. The SMILES string of the molecule is O=C1CCCCCCC(=O)c2ccccc2N1. The van der Waals surface area contributed by atoms with Crippen molar-refractivity contribution in [1.29, 1.82) is 0 Å². The van der Waals surface area contributed by atoms with E-state index in [2.05, 4.69) is 5.32 Å². The average molecular weight is 231 g/mol. The number of fused-ring (bicyclic) bond motifs is 1. The van der Waals surface area contributed by atoms with E-state index in [0.29, 0.717) is 24.1 Å². The van der Waals surface area contributed by atoms with Crippen molar-refractivity contribution >= 4 is 17.4 Å². The van der Waals surface area contributed by atoms with Gasteiger partial charge in [0.1, 0.15) is 0 Å². The molecular formula is C14H17NO2. The summed E-state index contributed by atoms with van der Waals surface area (Å²) in [6.45, 7) is 0. The summed E-state index contributed by atoms with van der Waals surface area (Å²) in [6.07, 6.45) is 5.00. The first kappa shape index (κ1) is 11.8. The fourth-order valence-corrected chi connectivity index (χ4v) is 2.11. The zero-order valence-corrected chi connectivity index (χ0v) is 9.87. The molecule has 3 nitrogen and oxygen atoms in total. The van der Waals surface area contributed by atoms with Crippen LogP contribution >= 0.6 is 0 Å². The van der Waals surface area contributed by atoms with Gasteiger partial charge in [-0.05, 0) is 25.0 Å². The van der Waals surface area contributed by atoms with Crippen molar-refractivity contribution in [2.24, 2.45) is 0 Å². The van der Waals surface area contributed by atoms with Crippen molar-refractivity contribution in [2.75, 3.05) is 5.32 Å². The molecule has 1 amide bonds. The van der Waals surface area contributed by atoms with Crippen LogP contribution in [0, 0.1) is 0 Å². The quantitative estimate of drug-likeness (QED) is 0.745. The molecule has 0 spiro atoms. The lowest BCUT2D eigenvalue weighted by molar-refractivity contribution is -0.116. The standard InChI is InChI=1S/C14H17NO2/c16-13-9-3-1-2-4-10-14(17)15-12-8-6-5-7-11(12)13/h5-8H,1-4,9-10H2,(H,15,17). The Morgan fingerprint density at radius 1 is 0.882 bits per heavy atom. The van der Waals surface area contributed by atoms with Crippen molar-refractivity contribution in [3.05, 3.63) is 29.8 Å². The summed E-state index contributed by atoms with van der Waals surface area (Å²) in [5.41, 5.74) is 1.30. The predicted molar refractivity (Wildman–Crippen MR) is 67.1 cm³/mol. The molecule has 1 aromatic rings. The number of carbonyl (C=O) groups excluding carboxylic acids is 2. The van der Waals surface area contributed by atoms with Gasteiger partial charge in [0.05, 0.1) is 5.69 Å². The van der Waals surface area contributed by atoms with Gasteiger partial charge in [-0.25, -0.2) is 0 Å². The highest BCUT2D eigenvalue weighted by molar-refractivity contribution is 6.04. The lowest BCUT2D eigenvalue weighted by atomic mass is 10.0. The predicted octanol–water partition coefficient (Wildman–Crippen LogP) is 3.16. The minimum atomic E-state index is 0.00662. The molecular weight excluding hydrogens is 214 g/mol. The third kappa shape index (κ3) is 3.16. The summed E-state index contributed by atoms with van der Waals surface area (Å²) in [6, 6.07) is 7.26. The molecule has 1 N–H and O–H groups in total. The van der Waals surface area contributed by atoms with Gasteiger partial charge in [-0.15, -0.1) is 0 Å². The number of carbonyl (C=O) groups is 2. The molecule has 1 heterocycles. The molecule has 3 heteroatoms. The monoisotopic (exact) mass is 231 g/mol. The van der Waals surface area contributed by atoms with Crippen LogP contribution in [-0.2, 0) is 4.79 Å². The molecule has 0 saturated carbocycles. The summed E-state index contributed by atoms with van der Waals surface area (Å²) in [7, 11) is 0. The number of para-hydroxylation sites is 1. The largest absolute Gasteiger partial charge is 0.325 e. The Hall–Kier alpha value is -1.64. The summed E-state index contributed by atoms with van der Waals surface area (Å²) < 4.78 is 0. The van der Waals surface area contributed by atoms with Gasteiger partial charge in [-0.1, -0.05) is 25.0 Å². The molecule has 0 atom stereocenters. The number of benzene rings is 1. The molecule has 1 aromatic carbocycles. The molecule has 90 valence electrons. The van der Waals surface area contributed by atoms with Crippen molar-refractivity contribution in [1.82, 2.24) is 0 Å². The maximum Gasteiger partial charge on any atom is 0.224 e. The molecule has 1 aliphatic heterocycles. The van der Waals surface area contributed by atoms with Crippen LogP contribution in [0.25, 0.3) is 0 Å². The summed E-state index contributed by atoms with van der Waals surface area (Å²) >= 11 is 0. The van der Waals surface area contributed by atoms with Crippen molar-refractivity contribution in [3.8, 4) is 0 Å². The van der Waals surface area contributed by atoms with Gasteiger partial charge < -0.3 is 5.32 Å². The maximum absolute atomic E-state index is 12.0. The van der Waals surface area contributed by atoms with E-state index in [9.17, 15) is 9.59 Å². The van der Waals surface area contributed by atoms with E-state index in [4.69, 9.17) is 0 Å². The maximum atomic E-state index is 12.0. The number of anilines is 1. The minimum absolute atomic E-state index is 0.00662. The molecule has 0 fully saturated rings. The van der Waals surface area contributed by atoms with E-state index in [0.717, 1.165) is 25.7 Å². The van der Waals surface area contributed by atoms with E-state index in [1.54, 1.807) is 12.1 Å². The highest BCUT2D eigenvalue weighted by atomic mass is 16.1. The van der Waals surface area contributed by atoms with Crippen LogP contribution in [0.3, 0.4) is 0 Å². The number of nitrogens with one attached hydrogen (secondary N) is 1. The van der Waals surface area contributed by atoms with E-state index >= 15 is 0 Å². The Labute approximate surface area is 101 Å². The van der Waals surface area contributed by atoms with Crippen molar-refractivity contribution in [2.45, 2.75) is 38.5 Å². The molecule has 0 unspecified atom stereocenters. The van der Waals surface area contributed by atoms with E-state index in [-0.39, 0.29) is 11.7 Å². The topological polar surface area (TPSA) is 46.2 Å². The Balaban J connectivity index is 2.26. The number of hydrogen-bond donors (Lipinski definition) is 1. The highest BCUT2D eigenvalue weighted by Gasteiger charge is 2.13. The highest BCUT2D eigenvalue weighted by Crippen LogP contribution is 2.20. The van der Waals surface area contributed by atoms with Gasteiger partial charge in [0.25, 0.3) is 0 Å².